The Morgan fingerprint density at radius 1 is 1.10 bits per heavy atom. The maximum absolute atomic E-state index is 12.6. The molecule has 4 heterocycles. The molecule has 0 radical (unpaired) electrons. The van der Waals surface area contributed by atoms with E-state index in [0.717, 1.165) is 53.9 Å². The number of carbonyl (C=O) groups is 1. The van der Waals surface area contributed by atoms with E-state index in [2.05, 4.69) is 20.1 Å². The molecule has 1 aliphatic carbocycles. The number of carbonyl (C=O) groups excluding carboxylic acids is 1. The highest BCUT2D eigenvalue weighted by Crippen LogP contribution is 2.45. The van der Waals surface area contributed by atoms with Crippen molar-refractivity contribution in [1.82, 2.24) is 30.0 Å². The fourth-order valence-corrected chi connectivity index (χ4v) is 6.03. The summed E-state index contributed by atoms with van der Waals surface area (Å²) in [6.07, 6.45) is 6.67. The monoisotopic (exact) mass is 565 g/mol. The third-order valence-electron chi connectivity index (χ3n) is 7.58. The predicted molar refractivity (Wildman–Crippen MR) is 153 cm³/mol. The number of ether oxygens (including phenoxy) is 1. The van der Waals surface area contributed by atoms with Crippen LogP contribution >= 0.6 is 23.2 Å². The third-order valence-corrected chi connectivity index (χ3v) is 8.18. The lowest BCUT2D eigenvalue weighted by Gasteiger charge is -2.43. The second kappa shape index (κ2) is 9.88. The minimum Gasteiger partial charge on any atom is -0.486 e. The first-order valence-corrected chi connectivity index (χ1v) is 13.7. The van der Waals surface area contributed by atoms with Gasteiger partial charge in [-0.05, 0) is 50.1 Å². The molecule has 2 aliphatic rings. The van der Waals surface area contributed by atoms with E-state index in [4.69, 9.17) is 32.9 Å². The van der Waals surface area contributed by atoms with Crippen LogP contribution in [0.4, 0.5) is 10.6 Å². The topological polar surface area (TPSA) is 90.5 Å². The van der Waals surface area contributed by atoms with Gasteiger partial charge in [0, 0.05) is 68.8 Å². The first-order chi connectivity index (χ1) is 18.8. The number of urea groups is 1. The number of halogens is 2. The minimum atomic E-state index is -0.370. The van der Waals surface area contributed by atoms with E-state index >= 15 is 0 Å². The quantitative estimate of drug-likeness (QED) is 0.328. The first kappa shape index (κ1) is 25.7. The zero-order chi connectivity index (χ0) is 27.3. The van der Waals surface area contributed by atoms with Gasteiger partial charge in [0.1, 0.15) is 23.4 Å². The Labute approximate surface area is 236 Å². The highest BCUT2D eigenvalue weighted by molar-refractivity contribution is 6.35. The van der Waals surface area contributed by atoms with E-state index in [1.54, 1.807) is 17.3 Å². The molecule has 1 saturated heterocycles. The fourth-order valence-electron chi connectivity index (χ4n) is 5.36. The number of fused-ring (bicyclic) bond motifs is 1. The Kier molecular flexibility index (Phi) is 6.51. The van der Waals surface area contributed by atoms with Crippen LogP contribution in [0.2, 0.25) is 10.0 Å². The van der Waals surface area contributed by atoms with E-state index in [1.807, 2.05) is 62.4 Å². The van der Waals surface area contributed by atoms with Crippen molar-refractivity contribution >= 4 is 46.0 Å². The van der Waals surface area contributed by atoms with Crippen molar-refractivity contribution in [2.24, 2.45) is 0 Å². The summed E-state index contributed by atoms with van der Waals surface area (Å²) < 4.78 is 6.20. The Balaban J connectivity index is 1.21. The molecule has 3 aromatic heterocycles. The van der Waals surface area contributed by atoms with Gasteiger partial charge in [-0.3, -0.25) is 10.1 Å². The molecule has 1 aliphatic heterocycles. The lowest BCUT2D eigenvalue weighted by atomic mass is 10.1. The third kappa shape index (κ3) is 4.74. The van der Waals surface area contributed by atoms with Crippen molar-refractivity contribution in [3.63, 3.8) is 0 Å². The predicted octanol–water partition coefficient (Wildman–Crippen LogP) is 5.80. The Hall–Kier alpha value is -3.56. The van der Waals surface area contributed by atoms with Crippen LogP contribution in [0.25, 0.3) is 22.2 Å². The number of pyridine rings is 2. The van der Waals surface area contributed by atoms with Gasteiger partial charge in [0.25, 0.3) is 0 Å². The molecular formula is C28H29Cl2N7O2. The lowest BCUT2D eigenvalue weighted by Crippen LogP contribution is -2.59. The zero-order valence-corrected chi connectivity index (χ0v) is 23.5. The highest BCUT2D eigenvalue weighted by Gasteiger charge is 2.53. The lowest BCUT2D eigenvalue weighted by molar-refractivity contribution is 0.133. The second-order valence-corrected chi connectivity index (χ2v) is 11.3. The minimum absolute atomic E-state index is 0.0728. The molecule has 9 nitrogen and oxygen atoms in total. The summed E-state index contributed by atoms with van der Waals surface area (Å²) in [5, 5.41) is 9.51. The van der Waals surface area contributed by atoms with Gasteiger partial charge < -0.3 is 19.4 Å². The van der Waals surface area contributed by atoms with Crippen LogP contribution in [-0.4, -0.2) is 75.3 Å². The maximum Gasteiger partial charge on any atom is 0.320 e. The molecule has 202 valence electrons. The summed E-state index contributed by atoms with van der Waals surface area (Å²) in [5.41, 5.74) is 3.21. The molecule has 1 aromatic carbocycles. The van der Waals surface area contributed by atoms with Crippen LogP contribution in [0.3, 0.4) is 0 Å². The number of nitrogens with one attached hydrogen (secondary N) is 1. The van der Waals surface area contributed by atoms with Gasteiger partial charge >= 0.3 is 6.03 Å². The van der Waals surface area contributed by atoms with E-state index in [-0.39, 0.29) is 17.7 Å². The summed E-state index contributed by atoms with van der Waals surface area (Å²) >= 11 is 12.6. The average molecular weight is 566 g/mol. The van der Waals surface area contributed by atoms with Crippen molar-refractivity contribution in [3.8, 4) is 17.0 Å². The van der Waals surface area contributed by atoms with Gasteiger partial charge in [-0.25, -0.2) is 9.78 Å². The van der Waals surface area contributed by atoms with Crippen LogP contribution < -0.4 is 9.64 Å². The van der Waals surface area contributed by atoms with Crippen molar-refractivity contribution in [3.05, 3.63) is 64.5 Å². The molecule has 1 saturated carbocycles. The average Bonchev–Trinajstić information content (AvgIpc) is 3.55. The fraction of sp³-hybridized carbons (Fsp3) is 0.357. The molecule has 6 rings (SSSR count). The van der Waals surface area contributed by atoms with Crippen LogP contribution in [0, 0.1) is 0 Å². The molecule has 2 amide bonds. The van der Waals surface area contributed by atoms with E-state index in [1.165, 1.54) is 0 Å². The smallest absolute Gasteiger partial charge is 0.320 e. The highest BCUT2D eigenvalue weighted by atomic mass is 35.5. The summed E-state index contributed by atoms with van der Waals surface area (Å²) in [4.78, 5) is 27.4. The molecule has 0 unspecified atom stereocenters. The number of hydrogen-bond donors (Lipinski definition) is 1. The molecule has 11 heteroatoms. The number of rotatable bonds is 5. The van der Waals surface area contributed by atoms with Gasteiger partial charge in [0.2, 0.25) is 0 Å². The molecule has 2 fully saturated rings. The Morgan fingerprint density at radius 2 is 1.87 bits per heavy atom. The van der Waals surface area contributed by atoms with Gasteiger partial charge in [-0.2, -0.15) is 5.10 Å². The number of amides is 2. The van der Waals surface area contributed by atoms with Crippen LogP contribution in [0.15, 0.2) is 48.9 Å². The number of H-pyrrole nitrogens is 1. The normalized spacial score (nSPS) is 16.9. The van der Waals surface area contributed by atoms with E-state index < -0.39 is 0 Å². The van der Waals surface area contributed by atoms with Crippen molar-refractivity contribution in [1.29, 1.82) is 0 Å². The Morgan fingerprint density at radius 3 is 2.54 bits per heavy atom. The van der Waals surface area contributed by atoms with Gasteiger partial charge in [0.05, 0.1) is 21.1 Å². The number of hydrogen-bond acceptors (Lipinski definition) is 6. The molecule has 1 N–H and O–H groups in total. The van der Waals surface area contributed by atoms with Crippen LogP contribution in [-0.2, 0) is 0 Å². The summed E-state index contributed by atoms with van der Waals surface area (Å²) in [6.45, 7) is 4.15. The number of benzene rings is 1. The molecule has 1 atom stereocenters. The Bertz CT molecular complexity index is 1510. The molecule has 4 aromatic rings. The largest absolute Gasteiger partial charge is 0.486 e. The van der Waals surface area contributed by atoms with Crippen LogP contribution in [0.1, 0.15) is 31.4 Å². The number of aromatic nitrogens is 4. The van der Waals surface area contributed by atoms with Gasteiger partial charge in [-0.15, -0.1) is 0 Å². The molecule has 0 bridgehead atoms. The molecule has 39 heavy (non-hydrogen) atoms. The van der Waals surface area contributed by atoms with E-state index in [9.17, 15) is 4.79 Å². The second-order valence-electron chi connectivity index (χ2n) is 10.4. The SMILES string of the molecule is C[C@@H](Oc1ccc2[nH]nc(-c3ccc(N4CCN(C(=O)N(C)C)C5(CC5)C4)nc3)c2c1)c1c(Cl)cncc1Cl. The summed E-state index contributed by atoms with van der Waals surface area (Å²) in [6, 6.07) is 9.95. The summed E-state index contributed by atoms with van der Waals surface area (Å²) in [5.74, 6) is 1.58. The first-order valence-electron chi connectivity index (χ1n) is 12.9. The standard InChI is InChI=1S/C28H29Cl2N7O2/c1-17(25-21(29)14-31-15-22(25)30)39-19-5-6-23-20(12-19)26(34-33-23)18-4-7-24(32-13-18)36-10-11-37(27(38)35(2)3)28(16-36)8-9-28/h4-7,12-15,17H,8-11,16H2,1-3H3,(H,33,34)/t17-/m1/s1. The number of piperazine rings is 1. The maximum atomic E-state index is 12.6. The number of nitrogens with zero attached hydrogens (tertiary/aromatic N) is 6. The molecule has 1 spiro atoms. The van der Waals surface area contributed by atoms with Crippen molar-refractivity contribution in [2.45, 2.75) is 31.4 Å². The number of aromatic amines is 1. The zero-order valence-electron chi connectivity index (χ0n) is 22.0. The van der Waals surface area contributed by atoms with Crippen molar-refractivity contribution in [2.75, 3.05) is 38.6 Å². The van der Waals surface area contributed by atoms with Crippen molar-refractivity contribution < 1.29 is 9.53 Å². The van der Waals surface area contributed by atoms with E-state index in [0.29, 0.717) is 27.9 Å². The van der Waals surface area contributed by atoms with Gasteiger partial charge in [0.15, 0.2) is 0 Å². The summed E-state index contributed by atoms with van der Waals surface area (Å²) in [7, 11) is 3.62. The van der Waals surface area contributed by atoms with Crippen LogP contribution in [0.5, 0.6) is 5.75 Å². The molecular weight excluding hydrogens is 537 g/mol. The number of anilines is 1. The van der Waals surface area contributed by atoms with Gasteiger partial charge in [-0.1, -0.05) is 23.2 Å².